The molecule has 0 bridgehead atoms. The van der Waals surface area contributed by atoms with E-state index in [0.29, 0.717) is 18.5 Å². The van der Waals surface area contributed by atoms with E-state index in [2.05, 4.69) is 0 Å². The minimum absolute atomic E-state index is 0.130. The van der Waals surface area contributed by atoms with E-state index in [4.69, 9.17) is 5.73 Å². The van der Waals surface area contributed by atoms with Gasteiger partial charge in [-0.1, -0.05) is 12.1 Å². The fourth-order valence-corrected chi connectivity index (χ4v) is 1.74. The fourth-order valence-electron chi connectivity index (χ4n) is 1.74. The van der Waals surface area contributed by atoms with Crippen molar-refractivity contribution in [3.8, 4) is 5.75 Å². The Morgan fingerprint density at radius 1 is 1.43 bits per heavy atom. The van der Waals surface area contributed by atoms with Crippen LogP contribution in [0.2, 0.25) is 0 Å². The highest BCUT2D eigenvalue weighted by Crippen LogP contribution is 2.48. The lowest BCUT2D eigenvalue weighted by atomic mass is 9.96. The van der Waals surface area contributed by atoms with Crippen LogP contribution < -0.4 is 5.73 Å². The van der Waals surface area contributed by atoms with Gasteiger partial charge in [0.05, 0.1) is 0 Å². The van der Waals surface area contributed by atoms with Crippen molar-refractivity contribution in [2.75, 3.05) is 6.54 Å². The van der Waals surface area contributed by atoms with Crippen molar-refractivity contribution in [3.05, 3.63) is 29.6 Å². The van der Waals surface area contributed by atoms with E-state index in [1.165, 1.54) is 6.07 Å². The Balaban J connectivity index is 2.21. The van der Waals surface area contributed by atoms with Crippen molar-refractivity contribution < 1.29 is 9.50 Å². The van der Waals surface area contributed by atoms with Crippen molar-refractivity contribution in [2.45, 2.75) is 19.3 Å². The number of hydrogen-bond donors (Lipinski definition) is 2. The zero-order chi connectivity index (χ0) is 10.2. The Kier molecular flexibility index (Phi) is 2.19. The Bertz CT molecular complexity index is 347. The Morgan fingerprint density at radius 2 is 2.14 bits per heavy atom. The van der Waals surface area contributed by atoms with Gasteiger partial charge < -0.3 is 10.8 Å². The van der Waals surface area contributed by atoms with Crippen molar-refractivity contribution in [1.82, 2.24) is 0 Å². The maximum atomic E-state index is 13.0. The predicted octanol–water partition coefficient (Wildman–Crippen LogP) is 1.81. The molecule has 2 nitrogen and oxygen atoms in total. The van der Waals surface area contributed by atoms with Gasteiger partial charge in [0.25, 0.3) is 0 Å². The molecule has 0 radical (unpaired) electrons. The molecule has 1 aliphatic rings. The molecule has 14 heavy (non-hydrogen) atoms. The summed E-state index contributed by atoms with van der Waals surface area (Å²) >= 11 is 0. The van der Waals surface area contributed by atoms with Gasteiger partial charge in [0.2, 0.25) is 0 Å². The molecular formula is C11H14FNO. The third-order valence-corrected chi connectivity index (χ3v) is 3.03. The second-order valence-electron chi connectivity index (χ2n) is 4.13. The molecule has 3 heteroatoms. The van der Waals surface area contributed by atoms with Crippen LogP contribution in [0.1, 0.15) is 18.4 Å². The van der Waals surface area contributed by atoms with E-state index in [1.54, 1.807) is 12.1 Å². The third kappa shape index (κ3) is 1.60. The molecule has 0 spiro atoms. The van der Waals surface area contributed by atoms with Crippen LogP contribution in [0.3, 0.4) is 0 Å². The van der Waals surface area contributed by atoms with Gasteiger partial charge in [-0.25, -0.2) is 4.39 Å². The van der Waals surface area contributed by atoms with Crippen LogP contribution in [0.25, 0.3) is 0 Å². The molecule has 1 aromatic rings. The molecule has 0 atom stereocenters. The number of rotatable bonds is 3. The zero-order valence-corrected chi connectivity index (χ0v) is 7.96. The summed E-state index contributed by atoms with van der Waals surface area (Å²) in [5, 5.41) is 9.47. The lowest BCUT2D eigenvalue weighted by Gasteiger charge is -2.13. The van der Waals surface area contributed by atoms with Crippen LogP contribution in [0, 0.1) is 11.2 Å². The molecule has 0 aromatic heterocycles. The van der Waals surface area contributed by atoms with Crippen LogP contribution in [0.5, 0.6) is 5.75 Å². The molecule has 1 saturated carbocycles. The summed E-state index contributed by atoms with van der Waals surface area (Å²) in [6, 6.07) is 4.64. The van der Waals surface area contributed by atoms with E-state index < -0.39 is 5.82 Å². The SMILES string of the molecule is NCC1(Cc2cccc(F)c2O)CC1. The summed E-state index contributed by atoms with van der Waals surface area (Å²) in [5.74, 6) is -0.762. The largest absolute Gasteiger partial charge is 0.505 e. The summed E-state index contributed by atoms with van der Waals surface area (Å²) in [7, 11) is 0. The van der Waals surface area contributed by atoms with Gasteiger partial charge in [-0.05, 0) is 42.9 Å². The van der Waals surface area contributed by atoms with E-state index in [9.17, 15) is 9.50 Å². The number of para-hydroxylation sites is 1. The number of nitrogens with two attached hydrogens (primary N) is 1. The molecule has 2 rings (SSSR count). The average Bonchev–Trinajstić information content (AvgIpc) is 2.94. The van der Waals surface area contributed by atoms with E-state index in [0.717, 1.165) is 12.8 Å². The highest BCUT2D eigenvalue weighted by atomic mass is 19.1. The number of phenols is 1. The monoisotopic (exact) mass is 195 g/mol. The summed E-state index contributed by atoms with van der Waals surface area (Å²) in [5.41, 5.74) is 6.43. The minimum atomic E-state index is -0.546. The highest BCUT2D eigenvalue weighted by Gasteiger charge is 2.41. The first kappa shape index (κ1) is 9.46. The topological polar surface area (TPSA) is 46.2 Å². The van der Waals surface area contributed by atoms with Crippen LogP contribution in [-0.2, 0) is 6.42 Å². The smallest absolute Gasteiger partial charge is 0.165 e. The first-order chi connectivity index (χ1) is 6.67. The van der Waals surface area contributed by atoms with Crippen molar-refractivity contribution >= 4 is 0 Å². The van der Waals surface area contributed by atoms with Gasteiger partial charge in [0, 0.05) is 0 Å². The lowest BCUT2D eigenvalue weighted by Crippen LogP contribution is -2.18. The molecule has 1 aromatic carbocycles. The quantitative estimate of drug-likeness (QED) is 0.772. The van der Waals surface area contributed by atoms with E-state index in [-0.39, 0.29) is 11.2 Å². The number of halogens is 1. The number of aromatic hydroxyl groups is 1. The number of benzene rings is 1. The van der Waals surface area contributed by atoms with Crippen molar-refractivity contribution in [3.63, 3.8) is 0 Å². The molecule has 76 valence electrons. The Morgan fingerprint density at radius 3 is 2.71 bits per heavy atom. The maximum absolute atomic E-state index is 13.0. The molecule has 0 aliphatic heterocycles. The van der Waals surface area contributed by atoms with E-state index in [1.807, 2.05) is 0 Å². The van der Waals surface area contributed by atoms with Gasteiger partial charge in [-0.15, -0.1) is 0 Å². The highest BCUT2D eigenvalue weighted by molar-refractivity contribution is 5.35. The van der Waals surface area contributed by atoms with Gasteiger partial charge in [-0.2, -0.15) is 0 Å². The van der Waals surface area contributed by atoms with E-state index >= 15 is 0 Å². The Hall–Kier alpha value is -1.09. The molecule has 0 unspecified atom stereocenters. The lowest BCUT2D eigenvalue weighted by molar-refractivity contribution is 0.415. The maximum Gasteiger partial charge on any atom is 0.165 e. The van der Waals surface area contributed by atoms with Crippen LogP contribution in [0.4, 0.5) is 4.39 Å². The Labute approximate surface area is 82.5 Å². The zero-order valence-electron chi connectivity index (χ0n) is 7.96. The molecule has 1 aliphatic carbocycles. The first-order valence-corrected chi connectivity index (χ1v) is 4.83. The summed E-state index contributed by atoms with van der Waals surface area (Å²) in [4.78, 5) is 0. The van der Waals surface area contributed by atoms with Gasteiger partial charge in [0.15, 0.2) is 11.6 Å². The van der Waals surface area contributed by atoms with Crippen molar-refractivity contribution in [1.29, 1.82) is 0 Å². The number of phenolic OH excluding ortho intramolecular Hbond substituents is 1. The second-order valence-corrected chi connectivity index (χ2v) is 4.13. The summed E-state index contributed by atoms with van der Waals surface area (Å²) < 4.78 is 13.0. The number of hydrogen-bond acceptors (Lipinski definition) is 2. The first-order valence-electron chi connectivity index (χ1n) is 4.83. The van der Waals surface area contributed by atoms with Gasteiger partial charge in [-0.3, -0.25) is 0 Å². The van der Waals surface area contributed by atoms with Gasteiger partial charge >= 0.3 is 0 Å². The molecule has 3 N–H and O–H groups in total. The minimum Gasteiger partial charge on any atom is -0.505 e. The molecular weight excluding hydrogens is 181 g/mol. The molecule has 0 heterocycles. The fraction of sp³-hybridized carbons (Fsp3) is 0.455. The summed E-state index contributed by atoms with van der Waals surface area (Å²) in [6.07, 6.45) is 2.85. The molecule has 0 saturated heterocycles. The van der Waals surface area contributed by atoms with Crippen LogP contribution in [0.15, 0.2) is 18.2 Å². The third-order valence-electron chi connectivity index (χ3n) is 3.03. The van der Waals surface area contributed by atoms with Crippen LogP contribution in [-0.4, -0.2) is 11.7 Å². The van der Waals surface area contributed by atoms with Crippen molar-refractivity contribution in [2.24, 2.45) is 11.1 Å². The normalized spacial score (nSPS) is 18.1. The second kappa shape index (κ2) is 3.24. The predicted molar refractivity (Wildman–Crippen MR) is 52.5 cm³/mol. The van der Waals surface area contributed by atoms with Gasteiger partial charge in [0.1, 0.15) is 0 Å². The van der Waals surface area contributed by atoms with Crippen LogP contribution >= 0.6 is 0 Å². The standard InChI is InChI=1S/C11H14FNO/c12-9-3-1-2-8(10(9)14)6-11(7-13)4-5-11/h1-3,14H,4-7,13H2. The molecule has 1 fully saturated rings. The average molecular weight is 195 g/mol. The molecule has 0 amide bonds. The summed E-state index contributed by atoms with van der Waals surface area (Å²) in [6.45, 7) is 0.614.